The van der Waals surface area contributed by atoms with Crippen molar-refractivity contribution in [3.05, 3.63) is 52.0 Å². The predicted molar refractivity (Wildman–Crippen MR) is 113 cm³/mol. The van der Waals surface area contributed by atoms with Gasteiger partial charge in [0.1, 0.15) is 13.0 Å². The first-order valence-corrected chi connectivity index (χ1v) is 9.00. The number of hydrogen-bond donors (Lipinski definition) is 2. The molecule has 2 amide bonds. The quantitative estimate of drug-likeness (QED) is 0.288. The maximum atomic E-state index is 12.0. The predicted octanol–water partition coefficient (Wildman–Crippen LogP) is 3.49. The van der Waals surface area contributed by atoms with Crippen LogP contribution < -0.4 is 20.2 Å². The maximum Gasteiger partial charge on any atom is 0.249 e. The third-order valence-electron chi connectivity index (χ3n) is 3.45. The van der Waals surface area contributed by atoms with Gasteiger partial charge in [-0.2, -0.15) is 5.10 Å². The standard InChI is InChI=1S/C20H17Cl2N3O4/c1-3-9-29-16-8-7-13(10-17(16)28-2)12-23-25-19(27)11-18(26)24-15-6-4-5-14(21)20(15)22/h1,4-8,10,12H,9,11H2,2H3,(H,24,26)(H,25,27). The number of hydrazone groups is 1. The van der Waals surface area contributed by atoms with Gasteiger partial charge in [-0.05, 0) is 35.9 Å². The third kappa shape index (κ3) is 6.71. The highest BCUT2D eigenvalue weighted by atomic mass is 35.5. The summed E-state index contributed by atoms with van der Waals surface area (Å²) in [6, 6.07) is 9.83. The zero-order valence-electron chi connectivity index (χ0n) is 15.4. The van der Waals surface area contributed by atoms with Gasteiger partial charge in [-0.1, -0.05) is 35.2 Å². The molecule has 2 rings (SSSR count). The molecule has 0 fully saturated rings. The largest absolute Gasteiger partial charge is 0.493 e. The molecule has 0 heterocycles. The van der Waals surface area contributed by atoms with Crippen LogP contribution in [0, 0.1) is 12.3 Å². The van der Waals surface area contributed by atoms with Crippen LogP contribution in [0.3, 0.4) is 0 Å². The smallest absolute Gasteiger partial charge is 0.249 e. The fraction of sp³-hybridized carbons (Fsp3) is 0.150. The molecule has 0 aromatic heterocycles. The molecule has 0 aliphatic heterocycles. The molecule has 150 valence electrons. The van der Waals surface area contributed by atoms with Gasteiger partial charge < -0.3 is 14.8 Å². The lowest BCUT2D eigenvalue weighted by atomic mass is 10.2. The molecule has 2 aromatic carbocycles. The summed E-state index contributed by atoms with van der Waals surface area (Å²) in [5.74, 6) is 2.17. The average Bonchev–Trinajstić information content (AvgIpc) is 2.70. The van der Waals surface area contributed by atoms with E-state index in [1.807, 2.05) is 0 Å². The van der Waals surface area contributed by atoms with Crippen LogP contribution in [0.2, 0.25) is 10.0 Å². The fourth-order valence-electron chi connectivity index (χ4n) is 2.16. The second-order valence-corrected chi connectivity index (χ2v) is 6.31. The Labute approximate surface area is 178 Å². The van der Waals surface area contributed by atoms with Crippen molar-refractivity contribution in [3.8, 4) is 23.8 Å². The molecule has 0 saturated carbocycles. The van der Waals surface area contributed by atoms with Crippen LogP contribution >= 0.6 is 23.2 Å². The molecule has 9 heteroatoms. The Morgan fingerprint density at radius 2 is 2.00 bits per heavy atom. The summed E-state index contributed by atoms with van der Waals surface area (Å²) < 4.78 is 10.6. The number of nitrogens with zero attached hydrogens (tertiary/aromatic N) is 1. The Hall–Kier alpha value is -3.21. The SMILES string of the molecule is C#CCOc1ccc(C=NNC(=O)CC(=O)Nc2cccc(Cl)c2Cl)cc1OC. The van der Waals surface area contributed by atoms with Crippen LogP contribution in [0.1, 0.15) is 12.0 Å². The first-order valence-electron chi connectivity index (χ1n) is 8.24. The van der Waals surface area contributed by atoms with E-state index in [1.165, 1.54) is 13.3 Å². The molecule has 2 aromatic rings. The minimum absolute atomic E-state index is 0.113. The van der Waals surface area contributed by atoms with Crippen molar-refractivity contribution in [1.82, 2.24) is 5.43 Å². The fourth-order valence-corrected chi connectivity index (χ4v) is 2.51. The van der Waals surface area contributed by atoms with Gasteiger partial charge in [-0.25, -0.2) is 5.43 Å². The third-order valence-corrected chi connectivity index (χ3v) is 4.27. The van der Waals surface area contributed by atoms with Crippen molar-refractivity contribution in [2.75, 3.05) is 19.0 Å². The minimum Gasteiger partial charge on any atom is -0.493 e. The molecular formula is C20H17Cl2N3O4. The molecule has 0 unspecified atom stereocenters. The number of hydrogen-bond acceptors (Lipinski definition) is 5. The number of rotatable bonds is 8. The summed E-state index contributed by atoms with van der Waals surface area (Å²) in [7, 11) is 1.49. The van der Waals surface area contributed by atoms with E-state index < -0.39 is 18.2 Å². The topological polar surface area (TPSA) is 89.0 Å². The first kappa shape index (κ1) is 22.1. The molecule has 0 atom stereocenters. The van der Waals surface area contributed by atoms with Gasteiger partial charge in [0.2, 0.25) is 11.8 Å². The van der Waals surface area contributed by atoms with Gasteiger partial charge in [0.05, 0.1) is 29.1 Å². The van der Waals surface area contributed by atoms with E-state index in [9.17, 15) is 9.59 Å². The molecule has 0 radical (unpaired) electrons. The molecule has 2 N–H and O–H groups in total. The highest BCUT2D eigenvalue weighted by Crippen LogP contribution is 2.29. The molecule has 0 spiro atoms. The lowest BCUT2D eigenvalue weighted by Gasteiger charge is -2.09. The molecule has 7 nitrogen and oxygen atoms in total. The number of ether oxygens (including phenoxy) is 2. The maximum absolute atomic E-state index is 12.0. The molecule has 0 aliphatic carbocycles. The number of halogens is 2. The Balaban J connectivity index is 1.89. The minimum atomic E-state index is -0.599. The highest BCUT2D eigenvalue weighted by molar-refractivity contribution is 6.44. The number of carbonyl (C=O) groups excluding carboxylic acids is 2. The van der Waals surface area contributed by atoms with Crippen LogP contribution in [0.15, 0.2) is 41.5 Å². The van der Waals surface area contributed by atoms with Gasteiger partial charge in [-0.15, -0.1) is 6.42 Å². The number of anilines is 1. The summed E-state index contributed by atoms with van der Waals surface area (Å²) >= 11 is 11.9. The van der Waals surface area contributed by atoms with Crippen LogP contribution in [0.5, 0.6) is 11.5 Å². The van der Waals surface area contributed by atoms with E-state index in [1.54, 1.807) is 36.4 Å². The molecular weight excluding hydrogens is 417 g/mol. The van der Waals surface area contributed by atoms with Crippen molar-refractivity contribution in [2.45, 2.75) is 6.42 Å². The Kier molecular flexibility index (Phi) is 8.34. The first-order chi connectivity index (χ1) is 13.9. The molecule has 29 heavy (non-hydrogen) atoms. The van der Waals surface area contributed by atoms with Crippen molar-refractivity contribution in [3.63, 3.8) is 0 Å². The summed E-state index contributed by atoms with van der Waals surface area (Å²) in [4.78, 5) is 23.8. The Bertz CT molecular complexity index is 971. The van der Waals surface area contributed by atoms with E-state index in [0.29, 0.717) is 27.8 Å². The summed E-state index contributed by atoms with van der Waals surface area (Å²) in [6.45, 7) is 0.113. The van der Waals surface area contributed by atoms with Gasteiger partial charge in [-0.3, -0.25) is 9.59 Å². The number of amides is 2. The summed E-state index contributed by atoms with van der Waals surface area (Å²) in [6.07, 6.45) is 6.12. The second kappa shape index (κ2) is 11.0. The normalized spacial score (nSPS) is 10.3. The van der Waals surface area contributed by atoms with Crippen LogP contribution in [-0.2, 0) is 9.59 Å². The number of carbonyl (C=O) groups is 2. The van der Waals surface area contributed by atoms with Gasteiger partial charge in [0.15, 0.2) is 11.5 Å². The van der Waals surface area contributed by atoms with E-state index in [-0.39, 0.29) is 11.6 Å². The monoisotopic (exact) mass is 433 g/mol. The van der Waals surface area contributed by atoms with Crippen LogP contribution in [0.25, 0.3) is 0 Å². The van der Waals surface area contributed by atoms with Crippen molar-refractivity contribution < 1.29 is 19.1 Å². The zero-order chi connectivity index (χ0) is 21.2. The lowest BCUT2D eigenvalue weighted by Crippen LogP contribution is -2.24. The number of methoxy groups -OCH3 is 1. The highest BCUT2D eigenvalue weighted by Gasteiger charge is 2.12. The van der Waals surface area contributed by atoms with Gasteiger partial charge in [0, 0.05) is 0 Å². The van der Waals surface area contributed by atoms with Crippen molar-refractivity contribution >= 4 is 46.9 Å². The van der Waals surface area contributed by atoms with Crippen molar-refractivity contribution in [1.29, 1.82) is 0 Å². The Morgan fingerprint density at radius 3 is 2.72 bits per heavy atom. The second-order valence-electron chi connectivity index (χ2n) is 5.52. The molecule has 0 aliphatic rings. The zero-order valence-corrected chi connectivity index (χ0v) is 16.9. The van der Waals surface area contributed by atoms with Gasteiger partial charge >= 0.3 is 0 Å². The van der Waals surface area contributed by atoms with E-state index in [4.69, 9.17) is 39.1 Å². The van der Waals surface area contributed by atoms with E-state index in [0.717, 1.165) is 0 Å². The lowest BCUT2D eigenvalue weighted by molar-refractivity contribution is -0.126. The van der Waals surface area contributed by atoms with Gasteiger partial charge in [0.25, 0.3) is 0 Å². The van der Waals surface area contributed by atoms with E-state index in [2.05, 4.69) is 21.8 Å². The van der Waals surface area contributed by atoms with Crippen LogP contribution in [0.4, 0.5) is 5.69 Å². The summed E-state index contributed by atoms with van der Waals surface area (Å²) in [5, 5.41) is 6.83. The van der Waals surface area contributed by atoms with Crippen molar-refractivity contribution in [2.24, 2.45) is 5.10 Å². The number of benzene rings is 2. The summed E-state index contributed by atoms with van der Waals surface area (Å²) in [5.41, 5.74) is 3.24. The van der Waals surface area contributed by atoms with E-state index >= 15 is 0 Å². The number of nitrogens with one attached hydrogen (secondary N) is 2. The molecule has 0 bridgehead atoms. The Morgan fingerprint density at radius 1 is 1.21 bits per heavy atom. The average molecular weight is 434 g/mol. The van der Waals surface area contributed by atoms with Crippen LogP contribution in [-0.4, -0.2) is 31.7 Å². The molecule has 0 saturated heterocycles. The number of terminal acetylenes is 1.